The van der Waals surface area contributed by atoms with Gasteiger partial charge in [0.25, 0.3) is 0 Å². The van der Waals surface area contributed by atoms with Gasteiger partial charge in [-0.3, -0.25) is 4.79 Å². The number of amides is 2. The van der Waals surface area contributed by atoms with E-state index in [0.29, 0.717) is 13.2 Å². The highest BCUT2D eigenvalue weighted by Crippen LogP contribution is 2.28. The Balaban J connectivity index is 1.95. The number of esters is 1. The first kappa shape index (κ1) is 12.8. The van der Waals surface area contributed by atoms with Crippen LogP contribution in [0.25, 0.3) is 0 Å². The van der Waals surface area contributed by atoms with Crippen molar-refractivity contribution in [3.63, 3.8) is 0 Å². The van der Waals surface area contributed by atoms with Crippen molar-refractivity contribution in [1.29, 1.82) is 0 Å². The fraction of sp³-hybridized carbons (Fsp3) is 0.818. The number of nitrogens with one attached hydrogen (secondary N) is 2. The number of carbonyl (C=O) groups is 2. The van der Waals surface area contributed by atoms with E-state index >= 15 is 0 Å². The summed E-state index contributed by atoms with van der Waals surface area (Å²) in [5.41, 5.74) is 0. The molecule has 1 aliphatic rings. The summed E-state index contributed by atoms with van der Waals surface area (Å²) >= 11 is 0. The molecule has 0 atom stereocenters. The van der Waals surface area contributed by atoms with Gasteiger partial charge in [-0.25, -0.2) is 4.79 Å². The molecule has 0 bridgehead atoms. The zero-order chi connectivity index (χ0) is 11.8. The highest BCUT2D eigenvalue weighted by molar-refractivity contribution is 5.80. The molecular weight excluding hydrogens is 208 g/mol. The first-order valence-corrected chi connectivity index (χ1v) is 5.89. The molecule has 0 saturated heterocycles. The second-order valence-corrected chi connectivity index (χ2v) is 4.00. The van der Waals surface area contributed by atoms with Crippen molar-refractivity contribution in [3.8, 4) is 0 Å². The molecule has 1 rings (SSSR count). The SMILES string of the molecule is CCOC(=O)CNC(=O)NCCC1CCC1. The normalized spacial score (nSPS) is 15.1. The molecule has 0 aromatic carbocycles. The minimum Gasteiger partial charge on any atom is -0.465 e. The van der Waals surface area contributed by atoms with Crippen LogP contribution in [0.2, 0.25) is 0 Å². The van der Waals surface area contributed by atoms with E-state index in [1.165, 1.54) is 19.3 Å². The van der Waals surface area contributed by atoms with Crippen molar-refractivity contribution in [2.45, 2.75) is 32.6 Å². The van der Waals surface area contributed by atoms with Crippen molar-refractivity contribution in [2.75, 3.05) is 19.7 Å². The van der Waals surface area contributed by atoms with E-state index in [1.54, 1.807) is 6.92 Å². The van der Waals surface area contributed by atoms with Crippen LogP contribution in [0.4, 0.5) is 4.79 Å². The molecule has 0 aromatic rings. The molecule has 1 aliphatic carbocycles. The average molecular weight is 228 g/mol. The lowest BCUT2D eigenvalue weighted by atomic mass is 9.83. The van der Waals surface area contributed by atoms with Crippen molar-refractivity contribution < 1.29 is 14.3 Å². The van der Waals surface area contributed by atoms with Crippen LogP contribution in [0.15, 0.2) is 0 Å². The Hall–Kier alpha value is -1.26. The van der Waals surface area contributed by atoms with Crippen LogP contribution in [-0.4, -0.2) is 31.7 Å². The monoisotopic (exact) mass is 228 g/mol. The van der Waals surface area contributed by atoms with E-state index in [1.807, 2.05) is 0 Å². The van der Waals surface area contributed by atoms with Crippen LogP contribution in [0.3, 0.4) is 0 Å². The smallest absolute Gasteiger partial charge is 0.325 e. The number of hydrogen-bond donors (Lipinski definition) is 2. The standard InChI is InChI=1S/C11H20N2O3/c1-2-16-10(14)8-13-11(15)12-7-6-9-4-3-5-9/h9H,2-8H2,1H3,(H2,12,13,15). The second-order valence-electron chi connectivity index (χ2n) is 4.00. The predicted octanol–water partition coefficient (Wildman–Crippen LogP) is 1.04. The van der Waals surface area contributed by atoms with Gasteiger partial charge < -0.3 is 15.4 Å². The molecule has 0 unspecified atom stereocenters. The molecule has 0 aliphatic heterocycles. The molecule has 0 spiro atoms. The van der Waals surface area contributed by atoms with E-state index in [9.17, 15) is 9.59 Å². The third-order valence-corrected chi connectivity index (χ3v) is 2.76. The highest BCUT2D eigenvalue weighted by Gasteiger charge is 2.16. The van der Waals surface area contributed by atoms with E-state index < -0.39 is 5.97 Å². The molecule has 1 saturated carbocycles. The maximum absolute atomic E-state index is 11.2. The Kier molecular flexibility index (Phi) is 5.67. The van der Waals surface area contributed by atoms with E-state index in [0.717, 1.165) is 12.3 Å². The van der Waals surface area contributed by atoms with E-state index in [2.05, 4.69) is 15.4 Å². The fourth-order valence-electron chi connectivity index (χ4n) is 1.60. The van der Waals surface area contributed by atoms with Crippen molar-refractivity contribution in [1.82, 2.24) is 10.6 Å². The van der Waals surface area contributed by atoms with Gasteiger partial charge >= 0.3 is 12.0 Å². The molecule has 5 heteroatoms. The maximum Gasteiger partial charge on any atom is 0.325 e. The number of urea groups is 1. The lowest BCUT2D eigenvalue weighted by Gasteiger charge is -2.25. The minimum absolute atomic E-state index is 0.0664. The number of carbonyl (C=O) groups excluding carboxylic acids is 2. The van der Waals surface area contributed by atoms with Crippen molar-refractivity contribution in [2.24, 2.45) is 5.92 Å². The summed E-state index contributed by atoms with van der Waals surface area (Å²) in [4.78, 5) is 22.1. The van der Waals surface area contributed by atoms with Crippen LogP contribution in [0.1, 0.15) is 32.6 Å². The van der Waals surface area contributed by atoms with Gasteiger partial charge in [0.1, 0.15) is 6.54 Å². The maximum atomic E-state index is 11.2. The minimum atomic E-state index is -0.406. The topological polar surface area (TPSA) is 67.4 Å². The third-order valence-electron chi connectivity index (χ3n) is 2.76. The molecule has 1 fully saturated rings. The van der Waals surface area contributed by atoms with E-state index in [-0.39, 0.29) is 12.6 Å². The molecule has 2 N–H and O–H groups in total. The van der Waals surface area contributed by atoms with Crippen LogP contribution < -0.4 is 10.6 Å². The van der Waals surface area contributed by atoms with Crippen LogP contribution in [-0.2, 0) is 9.53 Å². The Bertz CT molecular complexity index is 239. The van der Waals surface area contributed by atoms with Gasteiger partial charge in [0.2, 0.25) is 0 Å². The van der Waals surface area contributed by atoms with Crippen LogP contribution >= 0.6 is 0 Å². The fourth-order valence-corrected chi connectivity index (χ4v) is 1.60. The molecule has 5 nitrogen and oxygen atoms in total. The third kappa shape index (κ3) is 5.00. The first-order chi connectivity index (χ1) is 7.72. The lowest BCUT2D eigenvalue weighted by Crippen LogP contribution is -2.39. The molecule has 92 valence electrons. The first-order valence-electron chi connectivity index (χ1n) is 5.89. The highest BCUT2D eigenvalue weighted by atomic mass is 16.5. The summed E-state index contributed by atoms with van der Waals surface area (Å²) in [7, 11) is 0. The van der Waals surface area contributed by atoms with Crippen molar-refractivity contribution in [3.05, 3.63) is 0 Å². The van der Waals surface area contributed by atoms with Gasteiger partial charge in [-0.1, -0.05) is 19.3 Å². The number of ether oxygens (including phenoxy) is 1. The van der Waals surface area contributed by atoms with Gasteiger partial charge in [-0.2, -0.15) is 0 Å². The zero-order valence-corrected chi connectivity index (χ0v) is 9.75. The lowest BCUT2D eigenvalue weighted by molar-refractivity contribution is -0.141. The van der Waals surface area contributed by atoms with Gasteiger partial charge in [-0.05, 0) is 19.3 Å². The largest absolute Gasteiger partial charge is 0.465 e. The number of hydrogen-bond acceptors (Lipinski definition) is 3. The predicted molar refractivity (Wildman–Crippen MR) is 60.0 cm³/mol. The van der Waals surface area contributed by atoms with Gasteiger partial charge in [0, 0.05) is 6.54 Å². The molecule has 0 heterocycles. The Labute approximate surface area is 95.9 Å². The molecule has 2 amide bonds. The van der Waals surface area contributed by atoms with Gasteiger partial charge in [0.05, 0.1) is 6.61 Å². The summed E-state index contributed by atoms with van der Waals surface area (Å²) < 4.78 is 4.68. The number of rotatable bonds is 6. The zero-order valence-electron chi connectivity index (χ0n) is 9.75. The second kappa shape index (κ2) is 7.09. The molecular formula is C11H20N2O3. The summed E-state index contributed by atoms with van der Waals surface area (Å²) in [5, 5.41) is 5.17. The van der Waals surface area contributed by atoms with Crippen LogP contribution in [0, 0.1) is 5.92 Å². The summed E-state index contributed by atoms with van der Waals surface area (Å²) in [5.74, 6) is 0.377. The Morgan fingerprint density at radius 1 is 1.31 bits per heavy atom. The van der Waals surface area contributed by atoms with Crippen molar-refractivity contribution >= 4 is 12.0 Å². The Morgan fingerprint density at radius 2 is 2.06 bits per heavy atom. The quantitative estimate of drug-likeness (QED) is 0.667. The summed E-state index contributed by atoms with van der Waals surface area (Å²) in [6.45, 7) is 2.68. The van der Waals surface area contributed by atoms with E-state index in [4.69, 9.17) is 0 Å². The average Bonchev–Trinajstić information content (AvgIpc) is 2.19. The van der Waals surface area contributed by atoms with Gasteiger partial charge in [-0.15, -0.1) is 0 Å². The van der Waals surface area contributed by atoms with Crippen LogP contribution in [0.5, 0.6) is 0 Å². The molecule has 0 aromatic heterocycles. The Morgan fingerprint density at radius 3 is 2.62 bits per heavy atom. The molecule has 0 radical (unpaired) electrons. The molecule has 16 heavy (non-hydrogen) atoms. The summed E-state index contributed by atoms with van der Waals surface area (Å²) in [6.07, 6.45) is 4.92. The summed E-state index contributed by atoms with van der Waals surface area (Å²) in [6, 6.07) is -0.299. The van der Waals surface area contributed by atoms with Gasteiger partial charge in [0.15, 0.2) is 0 Å².